The second-order valence-corrected chi connectivity index (χ2v) is 13.4. The van der Waals surface area contributed by atoms with E-state index in [4.69, 9.17) is 21.1 Å². The predicted octanol–water partition coefficient (Wildman–Crippen LogP) is 6.22. The minimum Gasteiger partial charge on any atom is -0.462 e. The van der Waals surface area contributed by atoms with Gasteiger partial charge in [-0.2, -0.15) is 28.4 Å². The van der Waals surface area contributed by atoms with Crippen LogP contribution in [0.4, 0.5) is 23.8 Å². The molecule has 0 saturated carbocycles. The molecule has 16 heteroatoms. The summed E-state index contributed by atoms with van der Waals surface area (Å²) in [6.45, 7) is 1.18. The van der Waals surface area contributed by atoms with Crippen LogP contribution in [0.25, 0.3) is 27.5 Å². The van der Waals surface area contributed by atoms with Gasteiger partial charge in [-0.15, -0.1) is 0 Å². The number of aromatic nitrogens is 4. The smallest absolute Gasteiger partial charge is 0.450 e. The highest BCUT2D eigenvalue weighted by Crippen LogP contribution is 2.36. The van der Waals surface area contributed by atoms with Crippen molar-refractivity contribution in [2.45, 2.75) is 44.1 Å². The first-order chi connectivity index (χ1) is 25.5. The molecule has 0 radical (unpaired) electrons. The van der Waals surface area contributed by atoms with Crippen LogP contribution in [-0.2, 0) is 17.5 Å². The molecule has 4 heterocycles. The zero-order valence-corrected chi connectivity index (χ0v) is 29.3. The summed E-state index contributed by atoms with van der Waals surface area (Å²) in [5.41, 5.74) is -1.23. The molecule has 53 heavy (non-hydrogen) atoms. The number of amides is 1. The minimum atomic E-state index is -5.10. The molecule has 2 atom stereocenters. The zero-order chi connectivity index (χ0) is 37.3. The molecule has 0 aliphatic carbocycles. The normalized spacial score (nSPS) is 18.0. The number of alkyl halides is 3. The first-order valence-corrected chi connectivity index (χ1v) is 17.4. The van der Waals surface area contributed by atoms with E-state index in [-0.39, 0.29) is 73.2 Å². The fraction of sp³-hybridized carbons (Fsp3) is 0.351. The quantitative estimate of drug-likeness (QED) is 0.181. The van der Waals surface area contributed by atoms with Crippen molar-refractivity contribution in [1.29, 1.82) is 5.26 Å². The topological polar surface area (TPSA) is 130 Å². The molecule has 2 fully saturated rings. The molecule has 0 spiro atoms. The van der Waals surface area contributed by atoms with Gasteiger partial charge in [-0.1, -0.05) is 66.2 Å². The molecule has 0 bridgehead atoms. The van der Waals surface area contributed by atoms with Crippen LogP contribution < -0.4 is 15.2 Å². The van der Waals surface area contributed by atoms with Crippen LogP contribution in [0.1, 0.15) is 30.7 Å². The van der Waals surface area contributed by atoms with Crippen molar-refractivity contribution in [3.63, 3.8) is 0 Å². The Bertz CT molecular complexity index is 2260. The number of nitriles is 1. The van der Waals surface area contributed by atoms with E-state index in [1.54, 1.807) is 23.1 Å². The van der Waals surface area contributed by atoms with Gasteiger partial charge in [-0.25, -0.2) is 9.78 Å². The molecular formula is C37H34ClF3N8O4. The third-order valence-corrected chi connectivity index (χ3v) is 9.95. The molecule has 5 aromatic rings. The van der Waals surface area contributed by atoms with Crippen molar-refractivity contribution in [3.8, 4) is 17.8 Å². The Labute approximate surface area is 306 Å². The first kappa shape index (κ1) is 35.9. The summed E-state index contributed by atoms with van der Waals surface area (Å²) >= 11 is 6.51. The van der Waals surface area contributed by atoms with E-state index in [1.807, 2.05) is 37.4 Å². The van der Waals surface area contributed by atoms with E-state index in [0.717, 1.165) is 24.9 Å². The maximum atomic E-state index is 15.0. The second kappa shape index (κ2) is 14.9. The van der Waals surface area contributed by atoms with E-state index in [0.29, 0.717) is 9.95 Å². The number of likely N-dealkylation sites (tertiary alicyclic amines) is 1. The molecular weight excluding hydrogens is 713 g/mol. The van der Waals surface area contributed by atoms with Crippen LogP contribution in [-0.4, -0.2) is 87.3 Å². The summed E-state index contributed by atoms with van der Waals surface area (Å²) in [4.78, 5) is 45.8. The van der Waals surface area contributed by atoms with Gasteiger partial charge in [-0.3, -0.25) is 9.36 Å². The Morgan fingerprint density at radius 3 is 2.47 bits per heavy atom. The third kappa shape index (κ3) is 7.29. The van der Waals surface area contributed by atoms with E-state index in [9.17, 15) is 28.0 Å². The lowest BCUT2D eigenvalue weighted by molar-refractivity contribution is -0.146. The van der Waals surface area contributed by atoms with Gasteiger partial charge < -0.3 is 24.2 Å². The maximum absolute atomic E-state index is 15.0. The van der Waals surface area contributed by atoms with Gasteiger partial charge in [-0.05, 0) is 49.5 Å². The summed E-state index contributed by atoms with van der Waals surface area (Å²) < 4.78 is 57.1. The summed E-state index contributed by atoms with van der Waals surface area (Å²) in [6, 6.07) is 19.8. The van der Waals surface area contributed by atoms with Crippen molar-refractivity contribution in [3.05, 3.63) is 93.5 Å². The lowest BCUT2D eigenvalue weighted by Crippen LogP contribution is -2.55. The Hall–Kier alpha value is -5.46. The molecule has 1 amide bonds. The van der Waals surface area contributed by atoms with Gasteiger partial charge in [0.15, 0.2) is 11.3 Å². The van der Waals surface area contributed by atoms with Gasteiger partial charge >= 0.3 is 18.3 Å². The number of ether oxygens (including phenoxy) is 2. The summed E-state index contributed by atoms with van der Waals surface area (Å²) in [5, 5.41) is 10.6. The molecule has 2 aliphatic heterocycles. The lowest BCUT2D eigenvalue weighted by atomic mass is 10.1. The number of carbonyl (C=O) groups is 1. The first-order valence-electron chi connectivity index (χ1n) is 17.1. The second-order valence-electron chi connectivity index (χ2n) is 13.0. The van der Waals surface area contributed by atoms with E-state index >= 15 is 0 Å². The van der Waals surface area contributed by atoms with E-state index in [1.165, 1.54) is 23.1 Å². The Kier molecular flexibility index (Phi) is 10.1. The monoisotopic (exact) mass is 746 g/mol. The van der Waals surface area contributed by atoms with Crippen LogP contribution in [0.15, 0.2) is 71.5 Å². The van der Waals surface area contributed by atoms with Crippen LogP contribution in [0.5, 0.6) is 6.01 Å². The predicted molar refractivity (Wildman–Crippen MR) is 191 cm³/mol. The van der Waals surface area contributed by atoms with Crippen LogP contribution in [0.2, 0.25) is 5.02 Å². The number of piperazine rings is 1. The molecule has 2 aliphatic rings. The van der Waals surface area contributed by atoms with Crippen LogP contribution >= 0.6 is 11.6 Å². The number of nitrogens with zero attached hydrogens (tertiary/aromatic N) is 8. The van der Waals surface area contributed by atoms with E-state index in [2.05, 4.69) is 25.9 Å². The van der Waals surface area contributed by atoms with Gasteiger partial charge in [0.2, 0.25) is 5.82 Å². The maximum Gasteiger partial charge on any atom is 0.450 e. The standard InChI is InChI=1S/C37H34ClF3N8O4/c1-46-17-7-12-26(46)22-52-35-44-31-30(43-34(37(39,40)41)49(33(31)50)28-14-6-11-24-10-5-13-27(38)29(24)28)32(45-35)47-18-19-48(25(20-47)15-16-42)36(51)53-21-23-8-3-2-4-9-23/h2-6,8-11,13-14,25-26H,7,12,15,17-22H2,1H3/t25-,26-/m0/s1. The van der Waals surface area contributed by atoms with Crippen molar-refractivity contribution < 1.29 is 27.4 Å². The van der Waals surface area contributed by atoms with Crippen molar-refractivity contribution in [1.82, 2.24) is 29.3 Å². The molecule has 274 valence electrons. The number of anilines is 1. The number of hydrogen-bond donors (Lipinski definition) is 0. The lowest BCUT2D eigenvalue weighted by Gasteiger charge is -2.40. The minimum absolute atomic E-state index is 0.0179. The summed E-state index contributed by atoms with van der Waals surface area (Å²) in [5.74, 6) is -1.58. The number of fused-ring (bicyclic) bond motifs is 2. The largest absolute Gasteiger partial charge is 0.462 e. The zero-order valence-electron chi connectivity index (χ0n) is 28.6. The van der Waals surface area contributed by atoms with Crippen molar-refractivity contribution in [2.75, 3.05) is 44.7 Å². The SMILES string of the molecule is CN1CCC[C@H]1COc1nc(N2CCN(C(=O)OCc3ccccc3)[C@@H](CC#N)C2)c2nc(C(F)(F)F)n(-c3cccc4cccc(Cl)c34)c(=O)c2n1. The Morgan fingerprint density at radius 1 is 0.981 bits per heavy atom. The number of likely N-dealkylation sites (N-methyl/N-ethyl adjacent to an activating group) is 1. The molecule has 2 saturated heterocycles. The molecule has 7 rings (SSSR count). The molecule has 0 N–H and O–H groups in total. The number of carbonyl (C=O) groups excluding carboxylic acids is 1. The van der Waals surface area contributed by atoms with E-state index < -0.39 is 40.7 Å². The molecule has 2 aromatic heterocycles. The number of hydrogen-bond acceptors (Lipinski definition) is 10. The number of rotatable bonds is 8. The van der Waals surface area contributed by atoms with Crippen molar-refractivity contribution >= 4 is 45.3 Å². The number of benzene rings is 3. The average molecular weight is 747 g/mol. The van der Waals surface area contributed by atoms with Gasteiger partial charge in [0.05, 0.1) is 29.2 Å². The highest BCUT2D eigenvalue weighted by molar-refractivity contribution is 6.36. The molecule has 12 nitrogen and oxygen atoms in total. The highest BCUT2D eigenvalue weighted by Gasteiger charge is 2.40. The molecule has 3 aromatic carbocycles. The average Bonchev–Trinajstić information content (AvgIpc) is 3.57. The summed E-state index contributed by atoms with van der Waals surface area (Å²) in [7, 11) is 1.96. The number of halogens is 4. The third-order valence-electron chi connectivity index (χ3n) is 9.63. The van der Waals surface area contributed by atoms with Gasteiger partial charge in [0.1, 0.15) is 18.7 Å². The van der Waals surface area contributed by atoms with Crippen LogP contribution in [0, 0.1) is 11.3 Å². The Balaban J connectivity index is 1.33. The fourth-order valence-electron chi connectivity index (χ4n) is 6.93. The summed E-state index contributed by atoms with van der Waals surface area (Å²) in [6.07, 6.45) is -4.01. The van der Waals surface area contributed by atoms with Crippen molar-refractivity contribution in [2.24, 2.45) is 0 Å². The Morgan fingerprint density at radius 2 is 1.75 bits per heavy atom. The highest BCUT2D eigenvalue weighted by atomic mass is 35.5. The fourth-order valence-corrected chi connectivity index (χ4v) is 7.20. The van der Waals surface area contributed by atoms with Gasteiger partial charge in [0.25, 0.3) is 5.56 Å². The molecule has 0 unspecified atom stereocenters. The van der Waals surface area contributed by atoms with Crippen LogP contribution in [0.3, 0.4) is 0 Å². The van der Waals surface area contributed by atoms with Gasteiger partial charge in [0, 0.05) is 31.1 Å².